The molecule has 1 atom stereocenters. The van der Waals surface area contributed by atoms with Gasteiger partial charge in [0.05, 0.1) is 0 Å². The molecule has 0 saturated heterocycles. The summed E-state index contributed by atoms with van der Waals surface area (Å²) < 4.78 is 1.15. The normalized spacial score (nSPS) is 18.1. The molecule has 0 nitrogen and oxygen atoms in total. The summed E-state index contributed by atoms with van der Waals surface area (Å²) in [6.45, 7) is 6.00. The topological polar surface area (TPSA) is 0 Å². The van der Waals surface area contributed by atoms with Crippen molar-refractivity contribution < 1.29 is 0 Å². The largest absolute Gasteiger partial charge is 0.103 e. The molecule has 1 heteroatoms. The molecular weight excluding hydrogens is 283 g/mol. The minimum Gasteiger partial charge on any atom is -0.103 e. The highest BCUT2D eigenvalue weighted by Gasteiger charge is 2.09. The molecule has 0 aromatic rings. The Kier molecular flexibility index (Phi) is 5.23. The highest BCUT2D eigenvalue weighted by atomic mass is 127. The van der Waals surface area contributed by atoms with Gasteiger partial charge in [0.2, 0.25) is 0 Å². The predicted molar refractivity (Wildman–Crippen MR) is 72.8 cm³/mol. The van der Waals surface area contributed by atoms with E-state index in [9.17, 15) is 0 Å². The third-order valence-corrected chi connectivity index (χ3v) is 3.64. The van der Waals surface area contributed by atoms with Crippen molar-refractivity contribution in [3.63, 3.8) is 0 Å². The van der Waals surface area contributed by atoms with Crippen LogP contribution >= 0.6 is 22.6 Å². The van der Waals surface area contributed by atoms with Crippen LogP contribution in [0.4, 0.5) is 0 Å². The van der Waals surface area contributed by atoms with Crippen LogP contribution in [0.2, 0.25) is 0 Å². The quantitative estimate of drug-likeness (QED) is 0.400. The van der Waals surface area contributed by atoms with Crippen molar-refractivity contribution in [2.24, 2.45) is 5.92 Å². The highest BCUT2D eigenvalue weighted by molar-refractivity contribution is 14.1. The molecular formula is C13H17I. The first-order valence-corrected chi connectivity index (χ1v) is 6.55. The second kappa shape index (κ2) is 6.23. The Labute approximate surface area is 101 Å². The zero-order chi connectivity index (χ0) is 10.4. The summed E-state index contributed by atoms with van der Waals surface area (Å²) in [6, 6.07) is 0. The van der Waals surface area contributed by atoms with Gasteiger partial charge in [-0.1, -0.05) is 53.0 Å². The molecule has 1 aliphatic carbocycles. The second-order valence-electron chi connectivity index (χ2n) is 3.47. The molecule has 0 saturated carbocycles. The first-order valence-electron chi connectivity index (χ1n) is 5.02. The average molecular weight is 300 g/mol. The summed E-state index contributed by atoms with van der Waals surface area (Å²) >= 11 is 2.43. The monoisotopic (exact) mass is 300 g/mol. The Balaban J connectivity index is 2.64. The van der Waals surface area contributed by atoms with Gasteiger partial charge < -0.3 is 0 Å². The van der Waals surface area contributed by atoms with Gasteiger partial charge in [-0.3, -0.25) is 0 Å². The molecule has 0 bridgehead atoms. The fourth-order valence-electron chi connectivity index (χ4n) is 1.58. The molecule has 0 aromatic carbocycles. The van der Waals surface area contributed by atoms with Crippen LogP contribution in [0.5, 0.6) is 0 Å². The molecule has 76 valence electrons. The lowest BCUT2D eigenvalue weighted by atomic mass is 9.96. The number of hydrogen-bond acceptors (Lipinski definition) is 0. The van der Waals surface area contributed by atoms with E-state index in [2.05, 4.69) is 66.5 Å². The summed E-state index contributed by atoms with van der Waals surface area (Å²) in [7, 11) is 0. The van der Waals surface area contributed by atoms with E-state index >= 15 is 0 Å². The van der Waals surface area contributed by atoms with Gasteiger partial charge in [-0.25, -0.2) is 0 Å². The van der Waals surface area contributed by atoms with Crippen molar-refractivity contribution in [1.82, 2.24) is 0 Å². The number of alkyl halides is 1. The SMILES string of the molecule is C=CC(CI)C/C(=C\C)C1=CCC=C1. The second-order valence-corrected chi connectivity index (χ2v) is 4.35. The standard InChI is InChI=1S/C13H17I/c1-3-11(10-14)9-12(4-2)13-7-5-6-8-13/h3-5,7-8,11H,1,6,9-10H2,2H3/b12-4+. The fraction of sp³-hybridized carbons (Fsp3) is 0.385. The van der Waals surface area contributed by atoms with E-state index in [4.69, 9.17) is 0 Å². The maximum atomic E-state index is 3.88. The van der Waals surface area contributed by atoms with Gasteiger partial charge in [0.15, 0.2) is 0 Å². The van der Waals surface area contributed by atoms with Crippen molar-refractivity contribution in [2.45, 2.75) is 19.8 Å². The van der Waals surface area contributed by atoms with Crippen LogP contribution in [0.15, 0.2) is 48.1 Å². The molecule has 1 aliphatic rings. The van der Waals surface area contributed by atoms with Crippen molar-refractivity contribution in [3.8, 4) is 0 Å². The van der Waals surface area contributed by atoms with Crippen LogP contribution in [0.25, 0.3) is 0 Å². The molecule has 0 fully saturated rings. The Bertz CT molecular complexity index is 282. The van der Waals surface area contributed by atoms with Gasteiger partial charge in [-0.05, 0) is 36.8 Å². The van der Waals surface area contributed by atoms with Gasteiger partial charge in [0.25, 0.3) is 0 Å². The van der Waals surface area contributed by atoms with E-state index in [0.717, 1.165) is 17.3 Å². The van der Waals surface area contributed by atoms with Gasteiger partial charge in [-0.15, -0.1) is 6.58 Å². The third-order valence-electron chi connectivity index (χ3n) is 2.50. The Morgan fingerprint density at radius 3 is 2.93 bits per heavy atom. The van der Waals surface area contributed by atoms with E-state index in [0.29, 0.717) is 5.92 Å². The first kappa shape index (κ1) is 11.8. The maximum absolute atomic E-state index is 3.88. The minimum atomic E-state index is 0.608. The Morgan fingerprint density at radius 2 is 2.50 bits per heavy atom. The van der Waals surface area contributed by atoms with Crippen molar-refractivity contribution >= 4 is 22.6 Å². The van der Waals surface area contributed by atoms with Crippen molar-refractivity contribution in [3.05, 3.63) is 48.1 Å². The maximum Gasteiger partial charge on any atom is 0.00614 e. The summed E-state index contributed by atoms with van der Waals surface area (Å²) in [5.41, 5.74) is 2.87. The van der Waals surface area contributed by atoms with Gasteiger partial charge >= 0.3 is 0 Å². The molecule has 0 aliphatic heterocycles. The highest BCUT2D eigenvalue weighted by Crippen LogP contribution is 2.25. The zero-order valence-corrected chi connectivity index (χ0v) is 10.8. The number of rotatable bonds is 5. The molecule has 1 unspecified atom stereocenters. The van der Waals surface area contributed by atoms with Crippen LogP contribution < -0.4 is 0 Å². The lowest BCUT2D eigenvalue weighted by Crippen LogP contribution is -2.00. The Morgan fingerprint density at radius 1 is 1.71 bits per heavy atom. The van der Waals surface area contributed by atoms with Gasteiger partial charge in [-0.2, -0.15) is 0 Å². The number of halogens is 1. The molecule has 1 rings (SSSR count). The van der Waals surface area contributed by atoms with Crippen LogP contribution in [-0.4, -0.2) is 4.43 Å². The van der Waals surface area contributed by atoms with Crippen molar-refractivity contribution in [1.29, 1.82) is 0 Å². The van der Waals surface area contributed by atoms with Crippen LogP contribution in [-0.2, 0) is 0 Å². The van der Waals surface area contributed by atoms with E-state index in [1.54, 1.807) is 0 Å². The molecule has 0 radical (unpaired) electrons. The average Bonchev–Trinajstić information content (AvgIpc) is 2.73. The van der Waals surface area contributed by atoms with Gasteiger partial charge in [0.1, 0.15) is 0 Å². The van der Waals surface area contributed by atoms with E-state index < -0.39 is 0 Å². The van der Waals surface area contributed by atoms with Gasteiger partial charge in [0, 0.05) is 4.43 Å². The zero-order valence-electron chi connectivity index (χ0n) is 8.67. The molecule has 0 N–H and O–H groups in total. The lowest BCUT2D eigenvalue weighted by molar-refractivity contribution is 0.747. The number of allylic oxidation sites excluding steroid dienone is 7. The summed E-state index contributed by atoms with van der Waals surface area (Å²) in [4.78, 5) is 0. The number of hydrogen-bond donors (Lipinski definition) is 0. The summed E-state index contributed by atoms with van der Waals surface area (Å²) in [5, 5.41) is 0. The third kappa shape index (κ3) is 3.12. The lowest BCUT2D eigenvalue weighted by Gasteiger charge is -2.12. The molecule has 0 heterocycles. The Hall–Kier alpha value is -0.310. The molecule has 0 spiro atoms. The fourth-order valence-corrected chi connectivity index (χ4v) is 2.25. The summed E-state index contributed by atoms with van der Waals surface area (Å²) in [6.07, 6.45) is 13.2. The van der Waals surface area contributed by atoms with Crippen LogP contribution in [0.3, 0.4) is 0 Å². The van der Waals surface area contributed by atoms with Crippen molar-refractivity contribution in [2.75, 3.05) is 4.43 Å². The minimum absolute atomic E-state index is 0.608. The summed E-state index contributed by atoms with van der Waals surface area (Å²) in [5.74, 6) is 0.608. The predicted octanol–water partition coefficient (Wildman–Crippen LogP) is 4.45. The van der Waals surface area contributed by atoms with E-state index in [-0.39, 0.29) is 0 Å². The smallest absolute Gasteiger partial charge is 0.00614 e. The first-order chi connectivity index (χ1) is 6.81. The molecule has 0 amide bonds. The molecule has 14 heavy (non-hydrogen) atoms. The van der Waals surface area contributed by atoms with E-state index in [1.165, 1.54) is 11.1 Å². The van der Waals surface area contributed by atoms with Crippen LogP contribution in [0, 0.1) is 5.92 Å². The van der Waals surface area contributed by atoms with Crippen LogP contribution in [0.1, 0.15) is 19.8 Å². The van der Waals surface area contributed by atoms with E-state index in [1.807, 2.05) is 0 Å². The molecule has 0 aromatic heterocycles.